The smallest absolute Gasteiger partial charge is 0.251 e. The van der Waals surface area contributed by atoms with Gasteiger partial charge in [0.25, 0.3) is 5.91 Å². The van der Waals surface area contributed by atoms with E-state index in [4.69, 9.17) is 0 Å². The summed E-state index contributed by atoms with van der Waals surface area (Å²) in [5.74, 6) is -0.137. The molecule has 100 valence electrons. The van der Waals surface area contributed by atoms with Crippen LogP contribution in [0.3, 0.4) is 0 Å². The van der Waals surface area contributed by atoms with Crippen LogP contribution >= 0.6 is 0 Å². The van der Waals surface area contributed by atoms with Crippen LogP contribution in [0.2, 0.25) is 0 Å². The van der Waals surface area contributed by atoms with Gasteiger partial charge in [-0.3, -0.25) is 14.5 Å². The van der Waals surface area contributed by atoms with Crippen molar-refractivity contribution >= 4 is 17.5 Å². The van der Waals surface area contributed by atoms with Crippen LogP contribution in [0.4, 0.5) is 5.69 Å². The Balaban J connectivity index is 1.84. The van der Waals surface area contributed by atoms with Gasteiger partial charge in [0.05, 0.1) is 18.2 Å². The summed E-state index contributed by atoms with van der Waals surface area (Å²) in [5.41, 5.74) is 1.82. The molecule has 0 aromatic heterocycles. The summed E-state index contributed by atoms with van der Waals surface area (Å²) in [6.07, 6.45) is 2.58. The van der Waals surface area contributed by atoms with Crippen LogP contribution in [0.1, 0.15) is 24.8 Å². The minimum Gasteiger partial charge on any atom is -0.292 e. The minimum absolute atomic E-state index is 0.0595. The average Bonchev–Trinajstić information content (AvgIpc) is 3.00. The van der Waals surface area contributed by atoms with Gasteiger partial charge in [0, 0.05) is 0 Å². The first-order valence-electron chi connectivity index (χ1n) is 6.84. The molecule has 3 rings (SSSR count). The molecule has 0 saturated carbocycles. The third-order valence-corrected chi connectivity index (χ3v) is 4.00. The Morgan fingerprint density at radius 1 is 1.05 bits per heavy atom. The van der Waals surface area contributed by atoms with Crippen LogP contribution in [0, 0.1) is 6.92 Å². The van der Waals surface area contributed by atoms with Crippen LogP contribution in [-0.2, 0) is 9.59 Å². The number of amides is 2. The molecule has 0 unspecified atom stereocenters. The fourth-order valence-electron chi connectivity index (χ4n) is 2.92. The van der Waals surface area contributed by atoms with Crippen LogP contribution in [-0.4, -0.2) is 35.8 Å². The maximum Gasteiger partial charge on any atom is 0.251 e. The Labute approximate surface area is 113 Å². The van der Waals surface area contributed by atoms with Crippen molar-refractivity contribution in [2.75, 3.05) is 18.0 Å². The van der Waals surface area contributed by atoms with Crippen molar-refractivity contribution in [2.45, 2.75) is 32.2 Å². The molecule has 2 amide bonds. The lowest BCUT2D eigenvalue weighted by Gasteiger charge is -2.21. The molecule has 0 aliphatic carbocycles. The van der Waals surface area contributed by atoms with Gasteiger partial charge in [-0.25, -0.2) is 4.90 Å². The van der Waals surface area contributed by atoms with E-state index in [1.54, 1.807) is 0 Å². The SMILES string of the molecule is Cc1ccc(N2C(=O)C[C@@H](N3CCCC3)C2=O)cc1. The fourth-order valence-corrected chi connectivity index (χ4v) is 2.92. The van der Waals surface area contributed by atoms with Crippen molar-refractivity contribution in [3.8, 4) is 0 Å². The van der Waals surface area contributed by atoms with Crippen molar-refractivity contribution in [1.82, 2.24) is 4.90 Å². The topological polar surface area (TPSA) is 40.6 Å². The third-order valence-electron chi connectivity index (χ3n) is 4.00. The van der Waals surface area contributed by atoms with Crippen molar-refractivity contribution < 1.29 is 9.59 Å². The highest BCUT2D eigenvalue weighted by Gasteiger charge is 2.43. The summed E-state index contributed by atoms with van der Waals surface area (Å²) in [6.45, 7) is 3.86. The van der Waals surface area contributed by atoms with E-state index in [1.165, 1.54) is 4.90 Å². The number of likely N-dealkylation sites (tertiary alicyclic amines) is 1. The molecule has 0 bridgehead atoms. The molecule has 0 radical (unpaired) electrons. The number of carbonyl (C=O) groups is 2. The summed E-state index contributed by atoms with van der Waals surface area (Å²) >= 11 is 0. The highest BCUT2D eigenvalue weighted by molar-refractivity contribution is 6.22. The summed E-state index contributed by atoms with van der Waals surface area (Å²) in [5, 5.41) is 0. The highest BCUT2D eigenvalue weighted by Crippen LogP contribution is 2.27. The number of nitrogens with zero attached hydrogens (tertiary/aromatic N) is 2. The quantitative estimate of drug-likeness (QED) is 0.758. The van der Waals surface area contributed by atoms with E-state index >= 15 is 0 Å². The number of rotatable bonds is 2. The predicted molar refractivity (Wildman–Crippen MR) is 72.9 cm³/mol. The Morgan fingerprint density at radius 2 is 1.68 bits per heavy atom. The maximum absolute atomic E-state index is 12.5. The number of hydrogen-bond acceptors (Lipinski definition) is 3. The molecule has 4 heteroatoms. The van der Waals surface area contributed by atoms with E-state index in [2.05, 4.69) is 4.90 Å². The van der Waals surface area contributed by atoms with E-state index in [0.29, 0.717) is 12.1 Å². The molecule has 1 atom stereocenters. The van der Waals surface area contributed by atoms with Gasteiger partial charge >= 0.3 is 0 Å². The molecule has 1 aromatic carbocycles. The molecule has 2 saturated heterocycles. The molecule has 0 N–H and O–H groups in total. The summed E-state index contributed by atoms with van der Waals surface area (Å²) in [7, 11) is 0. The molecule has 1 aromatic rings. The first-order valence-corrected chi connectivity index (χ1v) is 6.84. The van der Waals surface area contributed by atoms with E-state index in [1.807, 2.05) is 31.2 Å². The number of benzene rings is 1. The van der Waals surface area contributed by atoms with Gasteiger partial charge in [0.15, 0.2) is 0 Å². The van der Waals surface area contributed by atoms with Crippen molar-refractivity contribution in [2.24, 2.45) is 0 Å². The second-order valence-electron chi connectivity index (χ2n) is 5.37. The second kappa shape index (κ2) is 4.78. The molecule has 2 heterocycles. The molecule has 4 nitrogen and oxygen atoms in total. The molecule has 0 spiro atoms. The van der Waals surface area contributed by atoms with Gasteiger partial charge in [0.1, 0.15) is 0 Å². The number of aryl methyl sites for hydroxylation is 1. The molecule has 2 aliphatic heterocycles. The lowest BCUT2D eigenvalue weighted by molar-refractivity contribution is -0.122. The summed E-state index contributed by atoms with van der Waals surface area (Å²) in [4.78, 5) is 28.1. The molecular weight excluding hydrogens is 240 g/mol. The van der Waals surface area contributed by atoms with Gasteiger partial charge in [-0.15, -0.1) is 0 Å². The molecule has 2 aliphatic rings. The summed E-state index contributed by atoms with van der Waals surface area (Å²) < 4.78 is 0. The number of hydrogen-bond donors (Lipinski definition) is 0. The highest BCUT2D eigenvalue weighted by atomic mass is 16.2. The number of imide groups is 1. The third kappa shape index (κ3) is 2.16. The summed E-state index contributed by atoms with van der Waals surface area (Å²) in [6, 6.07) is 7.31. The Bertz CT molecular complexity index is 503. The minimum atomic E-state index is -0.240. The molecular formula is C15H18N2O2. The monoisotopic (exact) mass is 258 g/mol. The lowest BCUT2D eigenvalue weighted by Crippen LogP contribution is -2.40. The molecule has 19 heavy (non-hydrogen) atoms. The fraction of sp³-hybridized carbons (Fsp3) is 0.467. The van der Waals surface area contributed by atoms with E-state index in [9.17, 15) is 9.59 Å². The standard InChI is InChI=1S/C15H18N2O2/c1-11-4-6-12(7-5-11)17-14(18)10-13(15(17)19)16-8-2-3-9-16/h4-7,13H,2-3,8-10H2,1H3/t13-/m1/s1. The van der Waals surface area contributed by atoms with E-state index in [-0.39, 0.29) is 17.9 Å². The van der Waals surface area contributed by atoms with Crippen molar-refractivity contribution in [1.29, 1.82) is 0 Å². The van der Waals surface area contributed by atoms with Crippen LogP contribution in [0.5, 0.6) is 0 Å². The second-order valence-corrected chi connectivity index (χ2v) is 5.37. The van der Waals surface area contributed by atoms with Gasteiger partial charge in [-0.2, -0.15) is 0 Å². The van der Waals surface area contributed by atoms with Crippen LogP contribution < -0.4 is 4.90 Å². The first kappa shape index (κ1) is 12.4. The Kier molecular flexibility index (Phi) is 3.11. The van der Waals surface area contributed by atoms with E-state index in [0.717, 1.165) is 31.5 Å². The van der Waals surface area contributed by atoms with Crippen LogP contribution in [0.15, 0.2) is 24.3 Å². The lowest BCUT2D eigenvalue weighted by atomic mass is 10.2. The van der Waals surface area contributed by atoms with E-state index < -0.39 is 0 Å². The predicted octanol–water partition coefficient (Wildman–Crippen LogP) is 1.72. The van der Waals surface area contributed by atoms with Crippen molar-refractivity contribution in [3.63, 3.8) is 0 Å². The van der Waals surface area contributed by atoms with Crippen LogP contribution in [0.25, 0.3) is 0 Å². The number of carbonyl (C=O) groups excluding carboxylic acids is 2. The first-order chi connectivity index (χ1) is 9.16. The Morgan fingerprint density at radius 3 is 2.32 bits per heavy atom. The van der Waals surface area contributed by atoms with Gasteiger partial charge in [0.2, 0.25) is 5.91 Å². The van der Waals surface area contributed by atoms with Gasteiger partial charge in [-0.05, 0) is 45.0 Å². The van der Waals surface area contributed by atoms with Crippen molar-refractivity contribution in [3.05, 3.63) is 29.8 Å². The normalized spacial score (nSPS) is 24.5. The Hall–Kier alpha value is -1.68. The number of anilines is 1. The largest absolute Gasteiger partial charge is 0.292 e. The maximum atomic E-state index is 12.5. The zero-order valence-corrected chi connectivity index (χ0v) is 11.1. The van der Waals surface area contributed by atoms with Gasteiger partial charge < -0.3 is 0 Å². The zero-order valence-electron chi connectivity index (χ0n) is 11.1. The molecule has 2 fully saturated rings. The zero-order chi connectivity index (χ0) is 13.4. The van der Waals surface area contributed by atoms with Gasteiger partial charge in [-0.1, -0.05) is 17.7 Å². The average molecular weight is 258 g/mol.